The Morgan fingerprint density at radius 2 is 1.94 bits per heavy atom. The predicted molar refractivity (Wildman–Crippen MR) is 74.8 cm³/mol. The number of aryl methyl sites for hydroxylation is 1. The van der Waals surface area contributed by atoms with Crippen molar-refractivity contribution in [2.45, 2.75) is 26.2 Å². The first-order valence-electron chi connectivity index (χ1n) is 6.52. The van der Waals surface area contributed by atoms with E-state index in [1.54, 1.807) is 0 Å². The molecule has 4 heteroatoms. The molecule has 1 saturated heterocycles. The minimum absolute atomic E-state index is 0.724. The summed E-state index contributed by atoms with van der Waals surface area (Å²) in [5.74, 6) is 0.846. The SMILES string of the molecule is Cc1cnc(N2CCCCC2)c(C=O)c1N(C)C. The molecule has 1 aromatic heterocycles. The summed E-state index contributed by atoms with van der Waals surface area (Å²) in [4.78, 5) is 20.2. The number of aldehydes is 1. The van der Waals surface area contributed by atoms with E-state index < -0.39 is 0 Å². The summed E-state index contributed by atoms with van der Waals surface area (Å²) in [6, 6.07) is 0. The molecule has 1 aliphatic rings. The quantitative estimate of drug-likeness (QED) is 0.768. The highest BCUT2D eigenvalue weighted by molar-refractivity contribution is 5.92. The van der Waals surface area contributed by atoms with Gasteiger partial charge in [-0.3, -0.25) is 4.79 Å². The first-order valence-corrected chi connectivity index (χ1v) is 6.52. The number of nitrogens with zero attached hydrogens (tertiary/aromatic N) is 3. The van der Waals surface area contributed by atoms with Gasteiger partial charge in [-0.25, -0.2) is 4.98 Å². The maximum absolute atomic E-state index is 11.5. The number of hydrogen-bond donors (Lipinski definition) is 0. The van der Waals surface area contributed by atoms with Gasteiger partial charge in [0.1, 0.15) is 5.82 Å². The number of pyridine rings is 1. The second kappa shape index (κ2) is 5.38. The van der Waals surface area contributed by atoms with Crippen molar-refractivity contribution in [3.8, 4) is 0 Å². The zero-order valence-electron chi connectivity index (χ0n) is 11.4. The average molecular weight is 247 g/mol. The molecular weight excluding hydrogens is 226 g/mol. The molecule has 1 aromatic rings. The van der Waals surface area contributed by atoms with Gasteiger partial charge in [-0.1, -0.05) is 0 Å². The van der Waals surface area contributed by atoms with Gasteiger partial charge in [0, 0.05) is 33.4 Å². The van der Waals surface area contributed by atoms with Gasteiger partial charge in [0.05, 0.1) is 11.3 Å². The van der Waals surface area contributed by atoms with E-state index >= 15 is 0 Å². The molecule has 1 aliphatic heterocycles. The van der Waals surface area contributed by atoms with Crippen LogP contribution in [0.4, 0.5) is 11.5 Å². The topological polar surface area (TPSA) is 36.4 Å². The lowest BCUT2D eigenvalue weighted by Gasteiger charge is -2.30. The Morgan fingerprint density at radius 3 is 2.50 bits per heavy atom. The van der Waals surface area contributed by atoms with Crippen LogP contribution in [0.25, 0.3) is 0 Å². The lowest BCUT2D eigenvalue weighted by molar-refractivity contribution is 0.112. The highest BCUT2D eigenvalue weighted by atomic mass is 16.1. The van der Waals surface area contributed by atoms with Crippen LogP contribution < -0.4 is 9.80 Å². The molecule has 0 aliphatic carbocycles. The van der Waals surface area contributed by atoms with E-state index in [9.17, 15) is 4.79 Å². The van der Waals surface area contributed by atoms with Crippen LogP contribution >= 0.6 is 0 Å². The maximum atomic E-state index is 11.5. The fraction of sp³-hybridized carbons (Fsp3) is 0.571. The molecule has 98 valence electrons. The second-order valence-electron chi connectivity index (χ2n) is 5.09. The molecule has 0 amide bonds. The smallest absolute Gasteiger partial charge is 0.155 e. The second-order valence-corrected chi connectivity index (χ2v) is 5.09. The lowest BCUT2D eigenvalue weighted by atomic mass is 10.1. The molecule has 1 fully saturated rings. The molecule has 0 atom stereocenters. The fourth-order valence-electron chi connectivity index (χ4n) is 2.67. The van der Waals surface area contributed by atoms with Gasteiger partial charge < -0.3 is 9.80 Å². The normalized spacial score (nSPS) is 15.6. The van der Waals surface area contributed by atoms with Gasteiger partial charge in [0.2, 0.25) is 0 Å². The Kier molecular flexibility index (Phi) is 3.84. The summed E-state index contributed by atoms with van der Waals surface area (Å²) in [6.45, 7) is 4.00. The van der Waals surface area contributed by atoms with Gasteiger partial charge in [0.15, 0.2) is 6.29 Å². The molecule has 0 radical (unpaired) electrons. The molecule has 0 saturated carbocycles. The number of aromatic nitrogens is 1. The summed E-state index contributed by atoms with van der Waals surface area (Å²) < 4.78 is 0. The zero-order valence-corrected chi connectivity index (χ0v) is 11.4. The van der Waals surface area contributed by atoms with Gasteiger partial charge in [-0.2, -0.15) is 0 Å². The first-order chi connectivity index (χ1) is 8.65. The number of carbonyl (C=O) groups excluding carboxylic acids is 1. The van der Waals surface area contributed by atoms with Gasteiger partial charge >= 0.3 is 0 Å². The van der Waals surface area contributed by atoms with E-state index in [0.717, 1.165) is 42.0 Å². The molecule has 0 spiro atoms. The molecule has 0 N–H and O–H groups in total. The fourth-order valence-corrected chi connectivity index (χ4v) is 2.67. The highest BCUT2D eigenvalue weighted by Crippen LogP contribution is 2.30. The van der Waals surface area contributed by atoms with Gasteiger partial charge in [-0.05, 0) is 31.7 Å². The summed E-state index contributed by atoms with van der Waals surface area (Å²) in [6.07, 6.45) is 6.46. The first kappa shape index (κ1) is 12.9. The third kappa shape index (κ3) is 2.33. The van der Waals surface area contributed by atoms with E-state index in [2.05, 4.69) is 9.88 Å². The van der Waals surface area contributed by atoms with Crippen molar-refractivity contribution in [2.75, 3.05) is 37.0 Å². The van der Waals surface area contributed by atoms with Crippen molar-refractivity contribution >= 4 is 17.8 Å². The molecule has 18 heavy (non-hydrogen) atoms. The minimum Gasteiger partial charge on any atom is -0.377 e. The van der Waals surface area contributed by atoms with Crippen molar-refractivity contribution in [2.24, 2.45) is 0 Å². The average Bonchev–Trinajstić information content (AvgIpc) is 2.38. The number of hydrogen-bond acceptors (Lipinski definition) is 4. The number of carbonyl (C=O) groups is 1. The Hall–Kier alpha value is -1.58. The van der Waals surface area contributed by atoms with Crippen LogP contribution in [0, 0.1) is 6.92 Å². The molecule has 0 unspecified atom stereocenters. The molecular formula is C14H21N3O. The van der Waals surface area contributed by atoms with Crippen LogP contribution in [0.2, 0.25) is 0 Å². The van der Waals surface area contributed by atoms with Gasteiger partial charge in [-0.15, -0.1) is 0 Å². The third-order valence-corrected chi connectivity index (χ3v) is 3.47. The van der Waals surface area contributed by atoms with Crippen LogP contribution in [0.15, 0.2) is 6.20 Å². The van der Waals surface area contributed by atoms with Crippen LogP contribution in [-0.4, -0.2) is 38.5 Å². The van der Waals surface area contributed by atoms with E-state index in [1.165, 1.54) is 19.3 Å². The van der Waals surface area contributed by atoms with Crippen molar-refractivity contribution in [3.63, 3.8) is 0 Å². The minimum atomic E-state index is 0.724. The van der Waals surface area contributed by atoms with Crippen LogP contribution in [-0.2, 0) is 0 Å². The van der Waals surface area contributed by atoms with Crippen molar-refractivity contribution in [3.05, 3.63) is 17.3 Å². The van der Waals surface area contributed by atoms with Crippen LogP contribution in [0.3, 0.4) is 0 Å². The van der Waals surface area contributed by atoms with Crippen molar-refractivity contribution < 1.29 is 4.79 Å². The summed E-state index contributed by atoms with van der Waals surface area (Å²) in [5, 5.41) is 0. The Labute approximate surface area is 109 Å². The summed E-state index contributed by atoms with van der Waals surface area (Å²) in [7, 11) is 3.94. The largest absolute Gasteiger partial charge is 0.377 e. The van der Waals surface area contributed by atoms with Crippen molar-refractivity contribution in [1.82, 2.24) is 4.98 Å². The van der Waals surface area contributed by atoms with Gasteiger partial charge in [0.25, 0.3) is 0 Å². The van der Waals surface area contributed by atoms with E-state index in [0.29, 0.717) is 0 Å². The zero-order chi connectivity index (χ0) is 13.1. The van der Waals surface area contributed by atoms with E-state index in [1.807, 2.05) is 32.1 Å². The lowest BCUT2D eigenvalue weighted by Crippen LogP contribution is -2.31. The number of anilines is 2. The van der Waals surface area contributed by atoms with Crippen LogP contribution in [0.5, 0.6) is 0 Å². The molecule has 4 nitrogen and oxygen atoms in total. The Bertz CT molecular complexity index is 437. The monoisotopic (exact) mass is 247 g/mol. The maximum Gasteiger partial charge on any atom is 0.155 e. The summed E-state index contributed by atoms with van der Waals surface area (Å²) >= 11 is 0. The Morgan fingerprint density at radius 1 is 1.28 bits per heavy atom. The highest BCUT2D eigenvalue weighted by Gasteiger charge is 2.20. The van der Waals surface area contributed by atoms with Crippen molar-refractivity contribution in [1.29, 1.82) is 0 Å². The van der Waals surface area contributed by atoms with E-state index in [4.69, 9.17) is 0 Å². The molecule has 2 heterocycles. The molecule has 0 aromatic carbocycles. The molecule has 0 bridgehead atoms. The third-order valence-electron chi connectivity index (χ3n) is 3.47. The van der Waals surface area contributed by atoms with E-state index in [-0.39, 0.29) is 0 Å². The number of piperidine rings is 1. The summed E-state index contributed by atoms with van der Waals surface area (Å²) in [5.41, 5.74) is 2.75. The van der Waals surface area contributed by atoms with Crippen LogP contribution in [0.1, 0.15) is 35.2 Å². The number of rotatable bonds is 3. The predicted octanol–water partition coefficient (Wildman–Crippen LogP) is 2.26. The Balaban J connectivity index is 2.46. The standard InChI is InChI=1S/C14H21N3O/c1-11-9-15-14(17-7-5-4-6-8-17)12(10-18)13(11)16(2)3/h9-10H,4-8H2,1-3H3. The molecule has 2 rings (SSSR count).